The van der Waals surface area contributed by atoms with Crippen molar-refractivity contribution < 1.29 is 33.4 Å². The van der Waals surface area contributed by atoms with Crippen LogP contribution >= 0.6 is 0 Å². The molecule has 0 aromatic heterocycles. The Morgan fingerprint density at radius 2 is 1.60 bits per heavy atom. The predicted octanol–water partition coefficient (Wildman–Crippen LogP) is 4.02. The first-order chi connectivity index (χ1) is 16.9. The first-order valence-electron chi connectivity index (χ1n) is 10.9. The smallest absolute Gasteiger partial charge is 0.407 e. The summed E-state index contributed by atoms with van der Waals surface area (Å²) in [4.78, 5) is 35.0. The van der Waals surface area contributed by atoms with Gasteiger partial charge in [0.25, 0.3) is 0 Å². The number of rotatable bonds is 9. The Kier molecular flexibility index (Phi) is 7.37. The Bertz CT molecular complexity index is 1220. The van der Waals surface area contributed by atoms with E-state index in [-0.39, 0.29) is 36.9 Å². The largest absolute Gasteiger partial charge is 0.478 e. The van der Waals surface area contributed by atoms with Gasteiger partial charge in [0.05, 0.1) is 17.9 Å². The Labute approximate surface area is 200 Å². The van der Waals surface area contributed by atoms with Crippen LogP contribution in [0.1, 0.15) is 27.4 Å². The molecular weight excluding hydrogens is 455 g/mol. The Balaban J connectivity index is 1.18. The Hall–Kier alpha value is -4.24. The highest BCUT2D eigenvalue weighted by Gasteiger charge is 2.28. The number of hydrogen-bond donors (Lipinski definition) is 3. The van der Waals surface area contributed by atoms with Crippen molar-refractivity contribution in [1.29, 1.82) is 0 Å². The van der Waals surface area contributed by atoms with Crippen LogP contribution in [0.25, 0.3) is 11.1 Å². The average Bonchev–Trinajstić information content (AvgIpc) is 3.17. The van der Waals surface area contributed by atoms with Crippen LogP contribution in [0.4, 0.5) is 14.9 Å². The van der Waals surface area contributed by atoms with Crippen LogP contribution in [-0.2, 0) is 14.3 Å². The van der Waals surface area contributed by atoms with E-state index in [2.05, 4.69) is 22.8 Å². The Morgan fingerprint density at radius 3 is 2.26 bits per heavy atom. The molecule has 3 aromatic carbocycles. The fraction of sp³-hybridized carbons (Fsp3) is 0.192. The molecule has 1 aliphatic carbocycles. The number of carbonyl (C=O) groups is 3. The first kappa shape index (κ1) is 23.9. The molecule has 0 radical (unpaired) electrons. The lowest BCUT2D eigenvalue weighted by Gasteiger charge is -2.14. The van der Waals surface area contributed by atoms with Gasteiger partial charge in [-0.3, -0.25) is 4.79 Å². The minimum absolute atomic E-state index is 0.0231. The van der Waals surface area contributed by atoms with Crippen LogP contribution in [0.2, 0.25) is 0 Å². The van der Waals surface area contributed by atoms with Gasteiger partial charge < -0.3 is 25.2 Å². The molecule has 0 spiro atoms. The van der Waals surface area contributed by atoms with Crippen molar-refractivity contribution in [3.8, 4) is 11.1 Å². The monoisotopic (exact) mass is 478 g/mol. The highest BCUT2D eigenvalue weighted by Crippen LogP contribution is 2.44. The van der Waals surface area contributed by atoms with Crippen molar-refractivity contribution >= 4 is 23.7 Å². The summed E-state index contributed by atoms with van der Waals surface area (Å²) in [7, 11) is 0. The van der Waals surface area contributed by atoms with Crippen molar-refractivity contribution in [2.24, 2.45) is 0 Å². The van der Waals surface area contributed by atoms with Gasteiger partial charge >= 0.3 is 12.1 Å². The number of alkyl carbamates (subject to hydrolysis) is 1. The van der Waals surface area contributed by atoms with Crippen molar-refractivity contribution in [3.63, 3.8) is 0 Å². The summed E-state index contributed by atoms with van der Waals surface area (Å²) in [5.74, 6) is -2.71. The third-order valence-corrected chi connectivity index (χ3v) is 5.58. The second kappa shape index (κ2) is 10.8. The number of benzene rings is 3. The average molecular weight is 478 g/mol. The van der Waals surface area contributed by atoms with E-state index in [1.165, 1.54) is 0 Å². The first-order valence-corrected chi connectivity index (χ1v) is 10.9. The lowest BCUT2D eigenvalue weighted by atomic mass is 9.98. The number of hydrogen-bond acceptors (Lipinski definition) is 5. The zero-order valence-electron chi connectivity index (χ0n) is 18.6. The zero-order valence-corrected chi connectivity index (χ0v) is 18.6. The van der Waals surface area contributed by atoms with Gasteiger partial charge in [-0.25, -0.2) is 14.0 Å². The van der Waals surface area contributed by atoms with Gasteiger partial charge in [0.2, 0.25) is 5.91 Å². The van der Waals surface area contributed by atoms with Gasteiger partial charge in [-0.2, -0.15) is 0 Å². The number of aromatic carboxylic acids is 1. The van der Waals surface area contributed by atoms with Crippen molar-refractivity contribution in [1.82, 2.24) is 5.32 Å². The minimum atomic E-state index is -1.24. The molecular formula is C26H23FN2O6. The van der Waals surface area contributed by atoms with Crippen molar-refractivity contribution in [2.45, 2.75) is 5.92 Å². The van der Waals surface area contributed by atoms with Gasteiger partial charge in [-0.05, 0) is 40.5 Å². The van der Waals surface area contributed by atoms with Crippen LogP contribution in [0, 0.1) is 5.82 Å². The molecule has 0 aliphatic heterocycles. The summed E-state index contributed by atoms with van der Waals surface area (Å²) in [5, 5.41) is 13.8. The third-order valence-electron chi connectivity index (χ3n) is 5.58. The number of ether oxygens (including phenoxy) is 2. The number of carboxylic acids is 1. The number of anilines is 1. The maximum absolute atomic E-state index is 13.8. The summed E-state index contributed by atoms with van der Waals surface area (Å²) < 4.78 is 24.4. The van der Waals surface area contributed by atoms with E-state index in [1.807, 2.05) is 36.4 Å². The summed E-state index contributed by atoms with van der Waals surface area (Å²) in [6.07, 6.45) is -0.604. The lowest BCUT2D eigenvalue weighted by molar-refractivity contribution is -0.120. The van der Waals surface area contributed by atoms with Gasteiger partial charge in [0, 0.05) is 12.5 Å². The second-order valence-electron chi connectivity index (χ2n) is 7.85. The van der Waals surface area contributed by atoms with Gasteiger partial charge in [-0.15, -0.1) is 0 Å². The van der Waals surface area contributed by atoms with E-state index in [0.717, 1.165) is 40.5 Å². The van der Waals surface area contributed by atoms with Crippen LogP contribution in [0.5, 0.6) is 0 Å². The second-order valence-corrected chi connectivity index (χ2v) is 7.85. The fourth-order valence-electron chi connectivity index (χ4n) is 3.98. The highest BCUT2D eigenvalue weighted by atomic mass is 19.1. The van der Waals surface area contributed by atoms with Crippen LogP contribution < -0.4 is 10.6 Å². The van der Waals surface area contributed by atoms with Gasteiger partial charge in [0.1, 0.15) is 19.0 Å². The molecule has 0 saturated heterocycles. The molecule has 0 unspecified atom stereocenters. The Morgan fingerprint density at radius 1 is 0.943 bits per heavy atom. The van der Waals surface area contributed by atoms with Crippen molar-refractivity contribution in [3.05, 3.63) is 89.2 Å². The van der Waals surface area contributed by atoms with Crippen molar-refractivity contribution in [2.75, 3.05) is 31.7 Å². The molecule has 35 heavy (non-hydrogen) atoms. The fourth-order valence-corrected chi connectivity index (χ4v) is 3.98. The number of halogens is 1. The topological polar surface area (TPSA) is 114 Å². The molecule has 0 heterocycles. The molecule has 0 atom stereocenters. The van der Waals surface area contributed by atoms with E-state index in [0.29, 0.717) is 0 Å². The number of carboxylic acid groups (broad SMARTS) is 1. The number of amides is 2. The van der Waals surface area contributed by atoms with Crippen LogP contribution in [-0.4, -0.2) is 49.4 Å². The molecule has 3 aromatic rings. The minimum Gasteiger partial charge on any atom is -0.478 e. The maximum atomic E-state index is 13.8. The molecule has 0 fully saturated rings. The van der Waals surface area contributed by atoms with Crippen LogP contribution in [0.3, 0.4) is 0 Å². The molecule has 2 amide bonds. The third kappa shape index (κ3) is 5.64. The maximum Gasteiger partial charge on any atom is 0.407 e. The van der Waals surface area contributed by atoms with Gasteiger partial charge in [0.15, 0.2) is 0 Å². The number of carbonyl (C=O) groups excluding carboxylic acids is 2. The standard InChI is InChI=1S/C26H23FN2O6/c27-22-10-9-16(25(31)32)13-23(22)29-24(30)15-34-12-11-28-26(33)35-14-21-19-7-3-1-5-17(19)18-6-2-4-8-20(18)21/h1-10,13,21H,11-12,14-15H2,(H,28,33)(H,29,30)(H,31,32). The van der Waals surface area contributed by atoms with Crippen LogP contribution in [0.15, 0.2) is 66.7 Å². The zero-order chi connectivity index (χ0) is 24.8. The summed E-state index contributed by atoms with van der Waals surface area (Å²) >= 11 is 0. The van der Waals surface area contributed by atoms with E-state index in [4.69, 9.17) is 14.6 Å². The SMILES string of the molecule is O=C(COCCNC(=O)OCC1c2ccccc2-c2ccccc21)Nc1cc(C(=O)O)ccc1F. The molecule has 9 heteroatoms. The number of nitrogens with one attached hydrogen (secondary N) is 2. The van der Waals surface area contributed by atoms with E-state index >= 15 is 0 Å². The van der Waals surface area contributed by atoms with Gasteiger partial charge in [-0.1, -0.05) is 48.5 Å². The molecule has 3 N–H and O–H groups in total. The molecule has 180 valence electrons. The molecule has 0 bridgehead atoms. The summed E-state index contributed by atoms with van der Waals surface area (Å²) in [6.45, 7) is -0.0880. The predicted molar refractivity (Wildman–Crippen MR) is 126 cm³/mol. The molecule has 1 aliphatic rings. The lowest BCUT2D eigenvalue weighted by Crippen LogP contribution is -2.30. The highest BCUT2D eigenvalue weighted by molar-refractivity contribution is 5.94. The molecule has 4 rings (SSSR count). The van der Waals surface area contributed by atoms with E-state index in [9.17, 15) is 18.8 Å². The van der Waals surface area contributed by atoms with E-state index < -0.39 is 30.4 Å². The summed E-state index contributed by atoms with van der Waals surface area (Å²) in [6, 6.07) is 19.1. The van der Waals surface area contributed by atoms with E-state index in [1.54, 1.807) is 0 Å². The number of fused-ring (bicyclic) bond motifs is 3. The quantitative estimate of drug-likeness (QED) is 0.401. The normalized spacial score (nSPS) is 11.9. The summed E-state index contributed by atoms with van der Waals surface area (Å²) in [5.41, 5.74) is 4.09. The molecule has 8 nitrogen and oxygen atoms in total. The molecule has 0 saturated carbocycles.